The predicted octanol–water partition coefficient (Wildman–Crippen LogP) is 2.76. The van der Waals surface area contributed by atoms with Crippen molar-refractivity contribution in [2.45, 2.75) is 6.92 Å². The van der Waals surface area contributed by atoms with E-state index in [0.717, 1.165) is 16.7 Å². The van der Waals surface area contributed by atoms with Gasteiger partial charge in [-0.05, 0) is 29.7 Å². The van der Waals surface area contributed by atoms with E-state index in [0.29, 0.717) is 5.56 Å². The van der Waals surface area contributed by atoms with Gasteiger partial charge in [0, 0.05) is 5.56 Å². The molecule has 0 saturated carbocycles. The van der Waals surface area contributed by atoms with Crippen LogP contribution in [0.4, 0.5) is 0 Å². The monoisotopic (exact) mass is 211 g/mol. The summed E-state index contributed by atoms with van der Waals surface area (Å²) in [6, 6.07) is 15.4. The molecule has 1 amide bonds. The van der Waals surface area contributed by atoms with Crippen molar-refractivity contribution < 1.29 is 4.79 Å². The van der Waals surface area contributed by atoms with Crippen molar-refractivity contribution >= 4 is 5.91 Å². The van der Waals surface area contributed by atoms with Gasteiger partial charge in [0.05, 0.1) is 0 Å². The molecule has 0 fully saturated rings. The summed E-state index contributed by atoms with van der Waals surface area (Å²) < 4.78 is 0. The molecule has 0 radical (unpaired) electrons. The number of primary amides is 1. The molecule has 0 aliphatic rings. The molecule has 0 unspecified atom stereocenters. The van der Waals surface area contributed by atoms with E-state index in [1.54, 1.807) is 6.07 Å². The molecule has 0 aliphatic carbocycles. The molecule has 2 N–H and O–H groups in total. The molecule has 0 saturated heterocycles. The topological polar surface area (TPSA) is 43.1 Å². The molecule has 80 valence electrons. The van der Waals surface area contributed by atoms with Crippen LogP contribution in [0.5, 0.6) is 0 Å². The van der Waals surface area contributed by atoms with E-state index in [2.05, 4.69) is 0 Å². The second-order valence-electron chi connectivity index (χ2n) is 3.73. The largest absolute Gasteiger partial charge is 0.366 e. The van der Waals surface area contributed by atoms with E-state index >= 15 is 0 Å². The van der Waals surface area contributed by atoms with Crippen molar-refractivity contribution in [2.24, 2.45) is 5.73 Å². The molecular formula is C14H13NO. The van der Waals surface area contributed by atoms with Crippen LogP contribution in [0.1, 0.15) is 15.9 Å². The van der Waals surface area contributed by atoms with Gasteiger partial charge in [0.15, 0.2) is 0 Å². The Morgan fingerprint density at radius 2 is 1.69 bits per heavy atom. The molecule has 2 aromatic carbocycles. The van der Waals surface area contributed by atoms with Crippen LogP contribution in [0.25, 0.3) is 11.1 Å². The fourth-order valence-corrected chi connectivity index (χ4v) is 1.86. The van der Waals surface area contributed by atoms with E-state index < -0.39 is 0 Å². The van der Waals surface area contributed by atoms with Gasteiger partial charge in [-0.15, -0.1) is 0 Å². The summed E-state index contributed by atoms with van der Waals surface area (Å²) in [5.74, 6) is -0.387. The van der Waals surface area contributed by atoms with E-state index in [9.17, 15) is 4.79 Å². The molecule has 0 bridgehead atoms. The molecule has 0 heterocycles. The number of aryl methyl sites for hydroxylation is 1. The lowest BCUT2D eigenvalue weighted by Gasteiger charge is -2.10. The van der Waals surface area contributed by atoms with Crippen molar-refractivity contribution in [3.05, 3.63) is 59.7 Å². The lowest BCUT2D eigenvalue weighted by Crippen LogP contribution is -2.12. The number of hydrogen-bond donors (Lipinski definition) is 1. The molecular weight excluding hydrogens is 198 g/mol. The van der Waals surface area contributed by atoms with Crippen LogP contribution < -0.4 is 5.73 Å². The van der Waals surface area contributed by atoms with Gasteiger partial charge in [0.2, 0.25) is 5.91 Å². The van der Waals surface area contributed by atoms with Crippen molar-refractivity contribution in [1.29, 1.82) is 0 Å². The molecule has 2 aromatic rings. The van der Waals surface area contributed by atoms with Crippen LogP contribution in [-0.4, -0.2) is 5.91 Å². The number of carbonyl (C=O) groups is 1. The molecule has 0 atom stereocenters. The minimum atomic E-state index is -0.387. The van der Waals surface area contributed by atoms with Gasteiger partial charge in [-0.2, -0.15) is 0 Å². The third kappa shape index (κ3) is 1.82. The predicted molar refractivity (Wildman–Crippen MR) is 65.1 cm³/mol. The summed E-state index contributed by atoms with van der Waals surface area (Å²) in [5.41, 5.74) is 8.96. The van der Waals surface area contributed by atoms with Gasteiger partial charge in [-0.3, -0.25) is 4.79 Å². The van der Waals surface area contributed by atoms with Crippen LogP contribution in [-0.2, 0) is 0 Å². The first kappa shape index (κ1) is 10.4. The highest BCUT2D eigenvalue weighted by atomic mass is 16.1. The Bertz CT molecular complexity index is 518. The lowest BCUT2D eigenvalue weighted by atomic mass is 9.95. The average Bonchev–Trinajstić information content (AvgIpc) is 2.29. The van der Waals surface area contributed by atoms with E-state index in [4.69, 9.17) is 5.73 Å². The maximum Gasteiger partial charge on any atom is 0.249 e. The van der Waals surface area contributed by atoms with Crippen molar-refractivity contribution in [1.82, 2.24) is 0 Å². The highest BCUT2D eigenvalue weighted by molar-refractivity contribution is 6.00. The zero-order chi connectivity index (χ0) is 11.5. The number of hydrogen-bond acceptors (Lipinski definition) is 1. The molecule has 2 rings (SSSR count). The number of amides is 1. The summed E-state index contributed by atoms with van der Waals surface area (Å²) >= 11 is 0. The number of carbonyl (C=O) groups excluding carboxylic acids is 1. The Morgan fingerprint density at radius 3 is 2.31 bits per heavy atom. The van der Waals surface area contributed by atoms with Crippen molar-refractivity contribution in [3.63, 3.8) is 0 Å². The Kier molecular flexibility index (Phi) is 2.73. The molecule has 2 nitrogen and oxygen atoms in total. The number of rotatable bonds is 2. The standard InChI is InChI=1S/C14H13NO/c1-10-6-5-9-12(14(15)16)13(10)11-7-3-2-4-8-11/h2-9H,1H3,(H2,15,16). The Labute approximate surface area is 94.7 Å². The van der Waals surface area contributed by atoms with Crippen LogP contribution >= 0.6 is 0 Å². The smallest absolute Gasteiger partial charge is 0.249 e. The van der Waals surface area contributed by atoms with Gasteiger partial charge in [-0.1, -0.05) is 42.5 Å². The van der Waals surface area contributed by atoms with Crippen molar-refractivity contribution in [3.8, 4) is 11.1 Å². The maximum atomic E-state index is 11.4. The second kappa shape index (κ2) is 4.19. The molecule has 2 heteroatoms. The van der Waals surface area contributed by atoms with Gasteiger partial charge in [0.1, 0.15) is 0 Å². The molecule has 0 aliphatic heterocycles. The zero-order valence-corrected chi connectivity index (χ0v) is 9.10. The highest BCUT2D eigenvalue weighted by Gasteiger charge is 2.11. The minimum absolute atomic E-state index is 0.387. The van der Waals surface area contributed by atoms with Crippen molar-refractivity contribution in [2.75, 3.05) is 0 Å². The molecule has 0 spiro atoms. The fraction of sp³-hybridized carbons (Fsp3) is 0.0714. The van der Waals surface area contributed by atoms with Crippen LogP contribution in [0.3, 0.4) is 0 Å². The Balaban J connectivity index is 2.68. The van der Waals surface area contributed by atoms with Crippen LogP contribution in [0.2, 0.25) is 0 Å². The SMILES string of the molecule is Cc1cccc(C(N)=O)c1-c1ccccc1. The van der Waals surface area contributed by atoms with Crippen LogP contribution in [0, 0.1) is 6.92 Å². The summed E-state index contributed by atoms with van der Waals surface area (Å²) in [6.07, 6.45) is 0. The first-order valence-corrected chi connectivity index (χ1v) is 5.15. The minimum Gasteiger partial charge on any atom is -0.366 e. The lowest BCUT2D eigenvalue weighted by molar-refractivity contribution is 0.100. The Morgan fingerprint density at radius 1 is 1.00 bits per heavy atom. The van der Waals surface area contributed by atoms with Gasteiger partial charge in [0.25, 0.3) is 0 Å². The zero-order valence-electron chi connectivity index (χ0n) is 9.10. The number of nitrogens with two attached hydrogens (primary N) is 1. The summed E-state index contributed by atoms with van der Waals surface area (Å²) in [4.78, 5) is 11.4. The normalized spacial score (nSPS) is 10.1. The third-order valence-electron chi connectivity index (χ3n) is 2.60. The number of benzene rings is 2. The van der Waals surface area contributed by atoms with E-state index in [1.807, 2.05) is 49.4 Å². The van der Waals surface area contributed by atoms with Gasteiger partial charge >= 0.3 is 0 Å². The summed E-state index contributed by atoms with van der Waals surface area (Å²) in [6.45, 7) is 1.98. The average molecular weight is 211 g/mol. The Hall–Kier alpha value is -2.09. The first-order valence-electron chi connectivity index (χ1n) is 5.15. The third-order valence-corrected chi connectivity index (χ3v) is 2.60. The van der Waals surface area contributed by atoms with E-state index in [-0.39, 0.29) is 5.91 Å². The van der Waals surface area contributed by atoms with Gasteiger partial charge < -0.3 is 5.73 Å². The fourth-order valence-electron chi connectivity index (χ4n) is 1.86. The second-order valence-corrected chi connectivity index (χ2v) is 3.73. The quantitative estimate of drug-likeness (QED) is 0.815. The molecule has 0 aromatic heterocycles. The van der Waals surface area contributed by atoms with E-state index in [1.165, 1.54) is 0 Å². The molecule has 16 heavy (non-hydrogen) atoms. The first-order chi connectivity index (χ1) is 7.70. The van der Waals surface area contributed by atoms with Gasteiger partial charge in [-0.25, -0.2) is 0 Å². The van der Waals surface area contributed by atoms with Crippen LogP contribution in [0.15, 0.2) is 48.5 Å². The summed E-state index contributed by atoms with van der Waals surface area (Å²) in [7, 11) is 0. The maximum absolute atomic E-state index is 11.4. The summed E-state index contributed by atoms with van der Waals surface area (Å²) in [5, 5.41) is 0. The highest BCUT2D eigenvalue weighted by Crippen LogP contribution is 2.26.